The summed E-state index contributed by atoms with van der Waals surface area (Å²) in [6.45, 7) is 0.0193. The zero-order valence-electron chi connectivity index (χ0n) is 32.1. The Morgan fingerprint density at radius 2 is 1.38 bits per heavy atom. The van der Waals surface area contributed by atoms with Gasteiger partial charge >= 0.3 is 11.9 Å². The third-order valence-corrected chi connectivity index (χ3v) is 11.0. The van der Waals surface area contributed by atoms with E-state index < -0.39 is 17.8 Å². The molecule has 0 saturated carbocycles. The molecule has 0 radical (unpaired) electrons. The number of amides is 1. The molecule has 14 heteroatoms. The molecule has 0 saturated heterocycles. The summed E-state index contributed by atoms with van der Waals surface area (Å²) >= 11 is 13.8. The zero-order chi connectivity index (χ0) is 42.6. The van der Waals surface area contributed by atoms with Crippen LogP contribution in [0, 0.1) is 0 Å². The van der Waals surface area contributed by atoms with E-state index in [1.165, 1.54) is 36.4 Å². The number of aromatic carboxylic acids is 2. The van der Waals surface area contributed by atoms with E-state index in [9.17, 15) is 34.5 Å². The Labute approximate surface area is 350 Å². The fraction of sp³-hybridized carbons (Fsp3) is 0.109. The van der Waals surface area contributed by atoms with E-state index in [2.05, 4.69) is 10.3 Å². The first-order valence-corrected chi connectivity index (χ1v) is 19.2. The van der Waals surface area contributed by atoms with Crippen molar-refractivity contribution in [3.63, 3.8) is 0 Å². The van der Waals surface area contributed by atoms with E-state index in [0.29, 0.717) is 60.9 Å². The smallest absolute Gasteiger partial charge is 0.337 e. The highest BCUT2D eigenvalue weighted by Crippen LogP contribution is 2.47. The number of benzene rings is 6. The number of carbonyl (C=O) groups is 3. The molecule has 2 aliphatic carbocycles. The number of carboxylic acids is 2. The van der Waals surface area contributed by atoms with Crippen molar-refractivity contribution in [1.82, 2.24) is 5.32 Å². The molecule has 2 aliphatic heterocycles. The van der Waals surface area contributed by atoms with Crippen LogP contribution in [0.1, 0.15) is 36.6 Å². The molecule has 60 heavy (non-hydrogen) atoms. The first-order chi connectivity index (χ1) is 28.7. The van der Waals surface area contributed by atoms with Crippen LogP contribution in [-0.2, 0) is 6.42 Å². The molecule has 0 fully saturated rings. The van der Waals surface area contributed by atoms with Gasteiger partial charge in [-0.3, -0.25) is 14.6 Å². The van der Waals surface area contributed by atoms with E-state index >= 15 is 0 Å². The highest BCUT2D eigenvalue weighted by atomic mass is 35.5. The van der Waals surface area contributed by atoms with Gasteiger partial charge in [-0.25, -0.2) is 9.59 Å². The number of phenolic OH excluding ortho intramolecular Hbond substituents is 1. The molecule has 0 bridgehead atoms. The molecule has 4 aliphatic rings. The Balaban J connectivity index is 1.13. The first-order valence-electron chi connectivity index (χ1n) is 18.4. The predicted octanol–water partition coefficient (Wildman–Crippen LogP) is 9.06. The van der Waals surface area contributed by atoms with Crippen LogP contribution in [0.5, 0.6) is 5.75 Å². The average Bonchev–Trinajstić information content (AvgIpc) is 3.21. The fourth-order valence-corrected chi connectivity index (χ4v) is 8.11. The van der Waals surface area contributed by atoms with Gasteiger partial charge in [0.25, 0.3) is 5.91 Å². The summed E-state index contributed by atoms with van der Waals surface area (Å²) in [5.41, 5.74) is 3.69. The molecule has 0 spiro atoms. The van der Waals surface area contributed by atoms with E-state index in [1.807, 2.05) is 37.2 Å². The van der Waals surface area contributed by atoms with E-state index in [0.717, 1.165) is 5.69 Å². The van der Waals surface area contributed by atoms with Gasteiger partial charge in [0.15, 0.2) is 5.43 Å². The molecule has 0 aromatic heterocycles. The van der Waals surface area contributed by atoms with Gasteiger partial charge in [-0.1, -0.05) is 35.3 Å². The molecule has 8 rings (SSSR count). The lowest BCUT2D eigenvalue weighted by atomic mass is 9.89. The van der Waals surface area contributed by atoms with Crippen molar-refractivity contribution in [2.75, 3.05) is 32.6 Å². The lowest BCUT2D eigenvalue weighted by molar-refractivity contribution is 0.0686. The second-order valence-electron chi connectivity index (χ2n) is 14.2. The van der Waals surface area contributed by atoms with E-state index in [4.69, 9.17) is 32.0 Å². The molecular formula is C46H33Cl2N3O9. The molecule has 2 heterocycles. The number of hydrogen-bond donors (Lipinski definition) is 4. The zero-order valence-corrected chi connectivity index (χ0v) is 33.6. The van der Waals surface area contributed by atoms with Crippen molar-refractivity contribution in [2.24, 2.45) is 4.99 Å². The third kappa shape index (κ3) is 7.05. The number of nitrogens with zero attached hydrogens (tertiary/aromatic N) is 2. The molecular weight excluding hydrogens is 809 g/mol. The summed E-state index contributed by atoms with van der Waals surface area (Å²) < 4.78 is 12.2. The summed E-state index contributed by atoms with van der Waals surface area (Å²) in [4.78, 5) is 57.9. The van der Waals surface area contributed by atoms with Crippen LogP contribution < -0.4 is 21.0 Å². The number of aromatic hydroxyl groups is 1. The van der Waals surface area contributed by atoms with E-state index in [-0.39, 0.29) is 67.8 Å². The SMILES string of the molecule is C/N=c1/ccc2c(-c3c(Cl)cc(C(=O)NCCc4ccc(-c5c6ccc(=O)cc-6oc6cc(O)ccc56)c(C(=O)O)c4)c(Cl)c3C(=O)O)c3ccc(N(C)C)cc3oc-2c1. The fourth-order valence-electron chi connectivity index (χ4n) is 7.50. The molecule has 4 aromatic rings. The molecule has 0 unspecified atom stereocenters. The van der Waals surface area contributed by atoms with Crippen molar-refractivity contribution in [2.45, 2.75) is 6.42 Å². The van der Waals surface area contributed by atoms with Gasteiger partial charge in [-0.05, 0) is 78.2 Å². The third-order valence-electron chi connectivity index (χ3n) is 10.3. The standard InChI is InChI=1S/C46H33Cl2N3O9/c1-49-23-5-10-30-35(17-23)59-36-18-24(51(2)3)6-11-31(36)40(30)41-34(47)21-33(43(48)42(41)46(57)58)44(54)50-15-14-22-4-9-27(32(16-22)45(55)56)39-28-12-7-25(52)19-37(28)60-38-20-26(53)8-13-29(38)39/h4-13,16-21,52H,14-15H2,1-3H3,(H,50,54)(H,55,56)(H,57,58)/b49-23-. The number of hydrogen-bond acceptors (Lipinski definition) is 9. The maximum atomic E-state index is 13.7. The lowest BCUT2D eigenvalue weighted by Gasteiger charge is -2.21. The summed E-state index contributed by atoms with van der Waals surface area (Å²) in [5, 5.41) is 35.3. The number of carboxylic acid groups (broad SMARTS) is 2. The largest absolute Gasteiger partial charge is 0.508 e. The van der Waals surface area contributed by atoms with Crippen molar-refractivity contribution in [3.8, 4) is 50.7 Å². The van der Waals surface area contributed by atoms with Gasteiger partial charge < -0.3 is 34.4 Å². The Morgan fingerprint density at radius 1 is 0.717 bits per heavy atom. The summed E-state index contributed by atoms with van der Waals surface area (Å²) in [6, 6.07) is 25.7. The Kier molecular flexibility index (Phi) is 10.3. The number of rotatable bonds is 9. The van der Waals surface area contributed by atoms with Gasteiger partial charge in [0.05, 0.1) is 32.1 Å². The summed E-state index contributed by atoms with van der Waals surface area (Å²) in [5.74, 6) is -2.73. The number of carbonyl (C=O) groups excluding carboxylic acids is 1. The van der Waals surface area contributed by atoms with Crippen molar-refractivity contribution in [3.05, 3.63) is 145 Å². The van der Waals surface area contributed by atoms with Crippen molar-refractivity contribution < 1.29 is 38.5 Å². The van der Waals surface area contributed by atoms with Gasteiger partial charge in [0, 0.05) is 96.2 Å². The predicted molar refractivity (Wildman–Crippen MR) is 230 cm³/mol. The molecule has 4 N–H and O–H groups in total. The highest BCUT2D eigenvalue weighted by molar-refractivity contribution is 6.41. The second-order valence-corrected chi connectivity index (χ2v) is 15.0. The number of anilines is 1. The molecule has 0 atom stereocenters. The maximum absolute atomic E-state index is 13.7. The Hall–Kier alpha value is -7.15. The number of fused-ring (bicyclic) bond motifs is 4. The van der Waals surface area contributed by atoms with Crippen molar-refractivity contribution in [1.29, 1.82) is 0 Å². The topological polar surface area (TPSA) is 183 Å². The highest BCUT2D eigenvalue weighted by Gasteiger charge is 2.30. The minimum absolute atomic E-state index is 0.0193. The number of halogens is 2. The molecule has 300 valence electrons. The Bertz CT molecular complexity index is 3170. The van der Waals surface area contributed by atoms with Crippen LogP contribution in [-0.4, -0.2) is 60.9 Å². The van der Waals surface area contributed by atoms with Gasteiger partial charge in [-0.2, -0.15) is 0 Å². The van der Waals surface area contributed by atoms with Crippen LogP contribution in [0.3, 0.4) is 0 Å². The molecule has 4 aromatic carbocycles. The van der Waals surface area contributed by atoms with Crippen LogP contribution in [0.4, 0.5) is 5.69 Å². The van der Waals surface area contributed by atoms with Crippen LogP contribution in [0.2, 0.25) is 10.0 Å². The molecule has 1 amide bonds. The Morgan fingerprint density at radius 3 is 2.10 bits per heavy atom. The minimum atomic E-state index is -1.40. The van der Waals surface area contributed by atoms with Crippen LogP contribution in [0.25, 0.3) is 66.8 Å². The van der Waals surface area contributed by atoms with Crippen LogP contribution in [0.15, 0.2) is 116 Å². The number of phenols is 1. The van der Waals surface area contributed by atoms with Gasteiger partial charge in [0.2, 0.25) is 0 Å². The number of nitrogens with one attached hydrogen (secondary N) is 1. The van der Waals surface area contributed by atoms with E-state index in [1.54, 1.807) is 49.5 Å². The monoisotopic (exact) mass is 841 g/mol. The van der Waals surface area contributed by atoms with Crippen LogP contribution >= 0.6 is 23.2 Å². The van der Waals surface area contributed by atoms with Gasteiger partial charge in [0.1, 0.15) is 28.4 Å². The maximum Gasteiger partial charge on any atom is 0.337 e. The molecule has 12 nitrogen and oxygen atoms in total. The summed E-state index contributed by atoms with van der Waals surface area (Å²) in [6.07, 6.45) is 0.188. The normalized spacial score (nSPS) is 11.8. The minimum Gasteiger partial charge on any atom is -0.508 e. The van der Waals surface area contributed by atoms with Gasteiger partial charge in [-0.15, -0.1) is 0 Å². The lowest BCUT2D eigenvalue weighted by Crippen LogP contribution is -2.26. The first kappa shape index (κ1) is 39.7. The van der Waals surface area contributed by atoms with Crippen molar-refractivity contribution >= 4 is 68.7 Å². The summed E-state index contributed by atoms with van der Waals surface area (Å²) in [7, 11) is 5.41. The second kappa shape index (κ2) is 15.6. The average molecular weight is 843 g/mol. The quantitative estimate of drug-likeness (QED) is 0.102.